The highest BCUT2D eigenvalue weighted by Crippen LogP contribution is 2.27. The zero-order valence-corrected chi connectivity index (χ0v) is 20.3. The highest BCUT2D eigenvalue weighted by atomic mass is 35.5. The van der Waals surface area contributed by atoms with Crippen LogP contribution >= 0.6 is 23.8 Å². The summed E-state index contributed by atoms with van der Waals surface area (Å²) in [7, 11) is 5.00. The first-order valence-corrected chi connectivity index (χ1v) is 11.1. The van der Waals surface area contributed by atoms with E-state index in [0.29, 0.717) is 41.4 Å². The first-order chi connectivity index (χ1) is 15.3. The maximum Gasteiger partial charge on any atom is 0.265 e. The number of hydrogen-bond donors (Lipinski definition) is 1. The van der Waals surface area contributed by atoms with Gasteiger partial charge in [0.2, 0.25) is 0 Å². The number of ether oxygens (including phenoxy) is 2. The lowest BCUT2D eigenvalue weighted by Crippen LogP contribution is -2.49. The second-order valence-electron chi connectivity index (χ2n) is 7.36. The van der Waals surface area contributed by atoms with Gasteiger partial charge >= 0.3 is 0 Å². The maximum absolute atomic E-state index is 12.8. The Labute approximate surface area is 198 Å². The second-order valence-corrected chi connectivity index (χ2v) is 8.10. The van der Waals surface area contributed by atoms with Gasteiger partial charge in [-0.25, -0.2) is 5.01 Å². The molecule has 3 rings (SSSR count). The fourth-order valence-electron chi connectivity index (χ4n) is 3.57. The van der Waals surface area contributed by atoms with Crippen LogP contribution in [0, 0.1) is 6.92 Å². The van der Waals surface area contributed by atoms with Crippen molar-refractivity contribution in [1.29, 1.82) is 0 Å². The van der Waals surface area contributed by atoms with Gasteiger partial charge in [-0.15, -0.1) is 0 Å². The first-order valence-electron chi connectivity index (χ1n) is 10.3. The Kier molecular flexibility index (Phi) is 7.98. The van der Waals surface area contributed by atoms with Crippen LogP contribution in [0.25, 0.3) is 6.08 Å². The SMILES string of the molecule is COc1ccc(CCNC(=S)N2CCCN2C(=O)/C=C/c2c(C)nn(C)c2Cl)cc1OC. The Hall–Kier alpha value is -2.78. The third kappa shape index (κ3) is 5.34. The second kappa shape index (κ2) is 10.7. The highest BCUT2D eigenvalue weighted by Gasteiger charge is 2.27. The monoisotopic (exact) mass is 477 g/mol. The molecule has 1 aliphatic rings. The summed E-state index contributed by atoms with van der Waals surface area (Å²) >= 11 is 11.8. The van der Waals surface area contributed by atoms with Crippen LogP contribution in [0.3, 0.4) is 0 Å². The Balaban J connectivity index is 1.57. The molecule has 0 bridgehead atoms. The summed E-state index contributed by atoms with van der Waals surface area (Å²) in [5.41, 5.74) is 2.61. The van der Waals surface area contributed by atoms with Gasteiger partial charge < -0.3 is 14.8 Å². The Morgan fingerprint density at radius 3 is 2.62 bits per heavy atom. The number of rotatable bonds is 7. The number of hydrogen-bond acceptors (Lipinski definition) is 5. The molecule has 0 saturated carbocycles. The molecule has 8 nitrogen and oxygen atoms in total. The largest absolute Gasteiger partial charge is 0.493 e. The fraction of sp³-hybridized carbons (Fsp3) is 0.409. The van der Waals surface area contributed by atoms with Crippen LogP contribution in [-0.2, 0) is 18.3 Å². The van der Waals surface area contributed by atoms with Gasteiger partial charge in [-0.1, -0.05) is 17.7 Å². The van der Waals surface area contributed by atoms with E-state index in [-0.39, 0.29) is 5.91 Å². The summed E-state index contributed by atoms with van der Waals surface area (Å²) in [4.78, 5) is 12.8. The quantitative estimate of drug-likeness (QED) is 0.485. The van der Waals surface area contributed by atoms with Crippen molar-refractivity contribution in [3.8, 4) is 11.5 Å². The van der Waals surface area contributed by atoms with E-state index in [0.717, 1.165) is 29.7 Å². The van der Waals surface area contributed by atoms with E-state index in [1.807, 2.05) is 30.1 Å². The normalized spacial score (nSPS) is 13.7. The Bertz CT molecular complexity index is 1020. The summed E-state index contributed by atoms with van der Waals surface area (Å²) in [6.07, 6.45) is 4.82. The summed E-state index contributed by atoms with van der Waals surface area (Å²) < 4.78 is 12.2. The van der Waals surface area contributed by atoms with Crippen molar-refractivity contribution in [2.45, 2.75) is 19.8 Å². The molecule has 1 N–H and O–H groups in total. The predicted molar refractivity (Wildman–Crippen MR) is 129 cm³/mol. The molecule has 1 aromatic heterocycles. The molecule has 10 heteroatoms. The number of aryl methyl sites for hydroxylation is 2. The number of methoxy groups -OCH3 is 2. The molecule has 1 saturated heterocycles. The lowest BCUT2D eigenvalue weighted by molar-refractivity contribution is -0.133. The van der Waals surface area contributed by atoms with Gasteiger partial charge in [-0.3, -0.25) is 14.5 Å². The molecule has 1 aliphatic heterocycles. The number of benzene rings is 1. The van der Waals surface area contributed by atoms with Crippen molar-refractivity contribution >= 4 is 40.9 Å². The number of amides is 1. The average Bonchev–Trinajstić information content (AvgIpc) is 3.37. The summed E-state index contributed by atoms with van der Waals surface area (Å²) in [5.74, 6) is 1.24. The van der Waals surface area contributed by atoms with Gasteiger partial charge in [0.25, 0.3) is 5.91 Å². The van der Waals surface area contributed by atoms with Crippen molar-refractivity contribution < 1.29 is 14.3 Å². The Morgan fingerprint density at radius 1 is 1.25 bits per heavy atom. The van der Waals surface area contributed by atoms with E-state index in [4.69, 9.17) is 33.3 Å². The van der Waals surface area contributed by atoms with Crippen LogP contribution in [0.15, 0.2) is 24.3 Å². The minimum Gasteiger partial charge on any atom is -0.493 e. The van der Waals surface area contributed by atoms with Crippen molar-refractivity contribution in [1.82, 2.24) is 25.1 Å². The van der Waals surface area contributed by atoms with Crippen LogP contribution in [-0.4, -0.2) is 64.7 Å². The molecule has 2 aromatic rings. The van der Waals surface area contributed by atoms with E-state index in [2.05, 4.69) is 10.4 Å². The molecule has 1 amide bonds. The maximum atomic E-state index is 12.8. The number of carbonyl (C=O) groups is 1. The molecule has 2 heterocycles. The van der Waals surface area contributed by atoms with E-state index in [1.54, 1.807) is 37.0 Å². The van der Waals surface area contributed by atoms with E-state index >= 15 is 0 Å². The first kappa shape index (κ1) is 23.9. The number of carbonyl (C=O) groups excluding carboxylic acids is 1. The summed E-state index contributed by atoms with van der Waals surface area (Å²) in [6, 6.07) is 5.83. The molecule has 0 aliphatic carbocycles. The lowest BCUT2D eigenvalue weighted by Gasteiger charge is -2.29. The number of nitrogens with one attached hydrogen (secondary N) is 1. The molecule has 32 heavy (non-hydrogen) atoms. The van der Waals surface area contributed by atoms with Gasteiger partial charge in [0.05, 0.1) is 19.9 Å². The third-order valence-corrected chi connectivity index (χ3v) is 6.05. The zero-order chi connectivity index (χ0) is 23.3. The molecule has 0 radical (unpaired) electrons. The fourth-order valence-corrected chi connectivity index (χ4v) is 4.10. The molecule has 1 aromatic carbocycles. The molecular formula is C22H28ClN5O3S. The van der Waals surface area contributed by atoms with Crippen LogP contribution in [0.4, 0.5) is 0 Å². The lowest BCUT2D eigenvalue weighted by atomic mass is 10.1. The third-order valence-electron chi connectivity index (χ3n) is 5.25. The van der Waals surface area contributed by atoms with Crippen molar-refractivity contribution in [3.05, 3.63) is 46.2 Å². The molecule has 172 valence electrons. The number of halogens is 1. The molecular weight excluding hydrogens is 450 g/mol. The van der Waals surface area contributed by atoms with Gasteiger partial charge in [0, 0.05) is 38.3 Å². The van der Waals surface area contributed by atoms with Crippen molar-refractivity contribution in [2.75, 3.05) is 33.9 Å². The van der Waals surface area contributed by atoms with Crippen LogP contribution in [0.5, 0.6) is 11.5 Å². The minimum absolute atomic E-state index is 0.147. The summed E-state index contributed by atoms with van der Waals surface area (Å²) in [5, 5.41) is 12.0. The van der Waals surface area contributed by atoms with Crippen molar-refractivity contribution in [3.63, 3.8) is 0 Å². The number of hydrazine groups is 1. The standard InChI is InChI=1S/C22H28ClN5O3S/c1-15-17(21(23)26(2)25-15)7-9-20(29)27-12-5-13-28(27)22(32)24-11-10-16-6-8-18(30-3)19(14-16)31-4/h6-9,14H,5,10-13H2,1-4H3,(H,24,32)/b9-7+. The minimum atomic E-state index is -0.147. The van der Waals surface area contributed by atoms with Crippen LogP contribution in [0.1, 0.15) is 23.2 Å². The average molecular weight is 478 g/mol. The number of nitrogens with zero attached hydrogens (tertiary/aromatic N) is 4. The van der Waals surface area contributed by atoms with E-state index < -0.39 is 0 Å². The number of thiocarbonyl (C=S) groups is 1. The summed E-state index contributed by atoms with van der Waals surface area (Å²) in [6.45, 7) is 3.79. The molecule has 1 fully saturated rings. The van der Waals surface area contributed by atoms with Gasteiger partial charge in [0.15, 0.2) is 16.6 Å². The number of aromatic nitrogens is 2. The van der Waals surface area contributed by atoms with E-state index in [9.17, 15) is 4.79 Å². The zero-order valence-electron chi connectivity index (χ0n) is 18.7. The Morgan fingerprint density at radius 2 is 1.97 bits per heavy atom. The van der Waals surface area contributed by atoms with Gasteiger partial charge in [-0.2, -0.15) is 5.10 Å². The smallest absolute Gasteiger partial charge is 0.265 e. The predicted octanol–water partition coefficient (Wildman–Crippen LogP) is 2.98. The molecule has 0 atom stereocenters. The molecule has 0 unspecified atom stereocenters. The van der Waals surface area contributed by atoms with Crippen LogP contribution < -0.4 is 14.8 Å². The molecule has 0 spiro atoms. The van der Waals surface area contributed by atoms with Gasteiger partial charge in [0.1, 0.15) is 5.15 Å². The van der Waals surface area contributed by atoms with Crippen molar-refractivity contribution in [2.24, 2.45) is 7.05 Å². The van der Waals surface area contributed by atoms with Crippen LogP contribution in [0.2, 0.25) is 5.15 Å². The highest BCUT2D eigenvalue weighted by molar-refractivity contribution is 7.80. The topological polar surface area (TPSA) is 71.9 Å². The van der Waals surface area contributed by atoms with E-state index in [1.165, 1.54) is 6.08 Å². The van der Waals surface area contributed by atoms with Gasteiger partial charge in [-0.05, 0) is 55.8 Å².